The van der Waals surface area contributed by atoms with Gasteiger partial charge in [0.05, 0.1) is 26.9 Å². The second-order valence-electron chi connectivity index (χ2n) is 7.68. The third-order valence-electron chi connectivity index (χ3n) is 5.54. The number of hydrogen-bond acceptors (Lipinski definition) is 5. The highest BCUT2D eigenvalue weighted by Gasteiger charge is 2.27. The lowest BCUT2D eigenvalue weighted by Crippen LogP contribution is -3.28. The molecule has 0 aliphatic carbocycles. The lowest BCUT2D eigenvalue weighted by atomic mass is 10.1. The minimum absolute atomic E-state index is 0.0471. The van der Waals surface area contributed by atoms with Crippen molar-refractivity contribution in [1.82, 2.24) is 10.6 Å². The molecule has 9 nitrogen and oxygen atoms in total. The highest BCUT2D eigenvalue weighted by atomic mass is 16.5. The van der Waals surface area contributed by atoms with Crippen LogP contribution in [0.5, 0.6) is 17.2 Å². The average molecular weight is 425 g/mol. The van der Waals surface area contributed by atoms with Crippen LogP contribution in [0.2, 0.25) is 0 Å². The summed E-state index contributed by atoms with van der Waals surface area (Å²) in [4.78, 5) is 26.5. The Balaban J connectivity index is 1.85. The number of amides is 3. The Morgan fingerprint density at radius 1 is 1.00 bits per heavy atom. The Morgan fingerprint density at radius 2 is 1.63 bits per heavy atom. The van der Waals surface area contributed by atoms with E-state index in [1.54, 1.807) is 21.3 Å². The minimum atomic E-state index is -0.418. The number of urea groups is 1. The summed E-state index contributed by atoms with van der Waals surface area (Å²) in [6.07, 6.45) is 0.822. The summed E-state index contributed by atoms with van der Waals surface area (Å²) in [5.41, 5.74) is 1.06. The molecule has 1 heterocycles. The van der Waals surface area contributed by atoms with Gasteiger partial charge in [-0.2, -0.15) is 0 Å². The molecule has 1 aromatic rings. The maximum Gasteiger partial charge on any atom is 0.321 e. The third kappa shape index (κ3) is 6.50. The quantitative estimate of drug-likeness (QED) is 0.392. The van der Waals surface area contributed by atoms with Crippen LogP contribution in [-0.2, 0) is 11.3 Å². The molecule has 0 saturated carbocycles. The lowest BCUT2D eigenvalue weighted by molar-refractivity contribution is -1.02. The highest BCUT2D eigenvalue weighted by Crippen LogP contribution is 2.39. The molecule has 1 atom stereocenters. The van der Waals surface area contributed by atoms with Gasteiger partial charge < -0.3 is 29.3 Å². The van der Waals surface area contributed by atoms with E-state index in [9.17, 15) is 9.59 Å². The Bertz CT molecular complexity index is 720. The van der Waals surface area contributed by atoms with Crippen molar-refractivity contribution in [1.29, 1.82) is 0 Å². The molecule has 0 spiro atoms. The number of hydrogen-bond donors (Lipinski definition) is 4. The van der Waals surface area contributed by atoms with Gasteiger partial charge >= 0.3 is 6.03 Å². The van der Waals surface area contributed by atoms with Crippen LogP contribution in [0.15, 0.2) is 12.1 Å². The molecule has 0 unspecified atom stereocenters. The zero-order chi connectivity index (χ0) is 22.1. The fourth-order valence-electron chi connectivity index (χ4n) is 3.64. The molecule has 1 fully saturated rings. The second kappa shape index (κ2) is 11.6. The van der Waals surface area contributed by atoms with Crippen LogP contribution in [0.1, 0.15) is 25.8 Å². The molecule has 9 heteroatoms. The smallest absolute Gasteiger partial charge is 0.321 e. The number of rotatable bonds is 9. The highest BCUT2D eigenvalue weighted by molar-refractivity contribution is 5.94. The van der Waals surface area contributed by atoms with E-state index < -0.39 is 6.03 Å². The molecule has 3 amide bonds. The first-order valence-corrected chi connectivity index (χ1v) is 10.5. The summed E-state index contributed by atoms with van der Waals surface area (Å²) in [7, 11) is 4.84. The fourth-order valence-corrected chi connectivity index (χ4v) is 3.64. The third-order valence-corrected chi connectivity index (χ3v) is 5.54. The summed E-state index contributed by atoms with van der Waals surface area (Å²) in [6.45, 7) is 8.59. The van der Waals surface area contributed by atoms with Gasteiger partial charge in [-0.1, -0.05) is 6.92 Å². The molecule has 0 radical (unpaired) electrons. The number of carbonyl (C=O) groups excluding carboxylic acids is 2. The Hall–Kier alpha value is -2.52. The van der Waals surface area contributed by atoms with Gasteiger partial charge in [0.15, 0.2) is 18.0 Å². The van der Waals surface area contributed by atoms with E-state index in [-0.39, 0.29) is 11.9 Å². The molecule has 1 aliphatic heterocycles. The van der Waals surface area contributed by atoms with Crippen molar-refractivity contribution in [3.05, 3.63) is 17.7 Å². The van der Waals surface area contributed by atoms with Crippen molar-refractivity contribution < 1.29 is 33.6 Å². The number of quaternary nitrogens is 2. The largest absolute Gasteiger partial charge is 0.493 e. The van der Waals surface area contributed by atoms with Crippen LogP contribution in [0.25, 0.3) is 0 Å². The zero-order valence-electron chi connectivity index (χ0n) is 18.7. The monoisotopic (exact) mass is 424 g/mol. The minimum Gasteiger partial charge on any atom is -0.493 e. The number of nitrogens with one attached hydrogen (secondary N) is 4. The zero-order valence-corrected chi connectivity index (χ0v) is 18.7. The van der Waals surface area contributed by atoms with Crippen molar-refractivity contribution in [3.63, 3.8) is 0 Å². The molecule has 168 valence electrons. The normalized spacial score (nSPS) is 19.5. The van der Waals surface area contributed by atoms with E-state index in [1.165, 1.54) is 9.80 Å². The van der Waals surface area contributed by atoms with E-state index in [4.69, 9.17) is 14.2 Å². The summed E-state index contributed by atoms with van der Waals surface area (Å²) in [5.74, 6) is 1.71. The van der Waals surface area contributed by atoms with E-state index >= 15 is 0 Å². The molecule has 4 N–H and O–H groups in total. The van der Waals surface area contributed by atoms with Gasteiger partial charge in [0.2, 0.25) is 5.75 Å². The van der Waals surface area contributed by atoms with Crippen LogP contribution in [-0.4, -0.2) is 72.0 Å². The van der Waals surface area contributed by atoms with Crippen molar-refractivity contribution in [2.75, 3.05) is 54.1 Å². The first-order valence-electron chi connectivity index (χ1n) is 10.5. The van der Waals surface area contributed by atoms with Gasteiger partial charge in [0.25, 0.3) is 5.91 Å². The van der Waals surface area contributed by atoms with Gasteiger partial charge in [-0.05, 0) is 25.5 Å². The van der Waals surface area contributed by atoms with Crippen molar-refractivity contribution in [2.45, 2.75) is 32.9 Å². The predicted octanol–water partition coefficient (Wildman–Crippen LogP) is -1.38. The van der Waals surface area contributed by atoms with E-state index in [2.05, 4.69) is 10.6 Å². The Labute approximate surface area is 178 Å². The summed E-state index contributed by atoms with van der Waals surface area (Å²) >= 11 is 0. The van der Waals surface area contributed by atoms with Gasteiger partial charge in [-0.3, -0.25) is 10.1 Å². The summed E-state index contributed by atoms with van der Waals surface area (Å²) in [6, 6.07) is 3.53. The maximum absolute atomic E-state index is 12.1. The van der Waals surface area contributed by atoms with E-state index in [0.717, 1.165) is 44.7 Å². The van der Waals surface area contributed by atoms with E-state index in [1.807, 2.05) is 26.0 Å². The van der Waals surface area contributed by atoms with Crippen molar-refractivity contribution in [2.24, 2.45) is 0 Å². The van der Waals surface area contributed by atoms with Gasteiger partial charge in [-0.25, -0.2) is 4.79 Å². The molecular weight excluding hydrogens is 388 g/mol. The molecule has 2 rings (SSSR count). The SMILES string of the molecule is CC[C@@H](C)NC(=O)NC(=O)C[NH+]1CC[NH+](Cc2ccc(OC)c(OC)c2OC)CC1. The summed E-state index contributed by atoms with van der Waals surface area (Å²) in [5, 5.41) is 5.17. The Morgan fingerprint density at radius 3 is 2.20 bits per heavy atom. The molecular formula is C21H36N4O5+2. The topological polar surface area (TPSA) is 94.8 Å². The second-order valence-corrected chi connectivity index (χ2v) is 7.68. The van der Waals surface area contributed by atoms with Crippen LogP contribution < -0.4 is 34.6 Å². The lowest BCUT2D eigenvalue weighted by Gasteiger charge is -2.29. The number of carbonyl (C=O) groups is 2. The standard InChI is InChI=1S/C21H34N4O5/c1-6-15(2)22-21(27)23-18(26)14-25-11-9-24(10-12-25)13-16-7-8-17(28-3)20(30-5)19(16)29-4/h7-8,15H,6,9-14H2,1-5H3,(H2,22,23,26,27)/p+2/t15-/m1/s1. The predicted molar refractivity (Wildman–Crippen MR) is 112 cm³/mol. The number of benzene rings is 1. The number of piperazine rings is 1. The van der Waals surface area contributed by atoms with E-state index in [0.29, 0.717) is 23.8 Å². The van der Waals surface area contributed by atoms with Crippen LogP contribution >= 0.6 is 0 Å². The van der Waals surface area contributed by atoms with Crippen LogP contribution in [0.4, 0.5) is 4.79 Å². The summed E-state index contributed by atoms with van der Waals surface area (Å²) < 4.78 is 16.4. The van der Waals surface area contributed by atoms with Crippen molar-refractivity contribution in [3.8, 4) is 17.2 Å². The molecule has 0 aromatic heterocycles. The average Bonchev–Trinajstić information content (AvgIpc) is 2.74. The molecule has 1 aromatic carbocycles. The van der Waals surface area contributed by atoms with Gasteiger partial charge in [-0.15, -0.1) is 0 Å². The molecule has 0 bridgehead atoms. The maximum atomic E-state index is 12.1. The first-order chi connectivity index (χ1) is 14.4. The number of methoxy groups -OCH3 is 3. The van der Waals surface area contributed by atoms with Crippen LogP contribution in [0, 0.1) is 0 Å². The molecule has 30 heavy (non-hydrogen) atoms. The molecule has 1 aliphatic rings. The fraction of sp³-hybridized carbons (Fsp3) is 0.619. The van der Waals surface area contributed by atoms with Gasteiger partial charge in [0, 0.05) is 6.04 Å². The van der Waals surface area contributed by atoms with Crippen LogP contribution in [0.3, 0.4) is 0 Å². The molecule has 1 saturated heterocycles. The van der Waals surface area contributed by atoms with Gasteiger partial charge in [0.1, 0.15) is 32.7 Å². The number of imide groups is 1. The van der Waals surface area contributed by atoms with Crippen molar-refractivity contribution >= 4 is 11.9 Å². The first kappa shape index (κ1) is 23.8. The number of ether oxygens (including phenoxy) is 3. The Kier molecular flexibility index (Phi) is 9.19.